The minimum atomic E-state index is 0.151. The second kappa shape index (κ2) is 6.70. The van der Waals surface area contributed by atoms with Crippen LogP contribution in [0, 0.1) is 0 Å². The highest BCUT2D eigenvalue weighted by atomic mass is 16.2. The van der Waals surface area contributed by atoms with Crippen LogP contribution in [0.4, 0.5) is 0 Å². The van der Waals surface area contributed by atoms with Gasteiger partial charge in [-0.3, -0.25) is 9.36 Å². The molecule has 0 aliphatic carbocycles. The topological polar surface area (TPSA) is 63.1 Å². The molecular formula is C16H21N5O. The van der Waals surface area contributed by atoms with Gasteiger partial charge < -0.3 is 10.2 Å². The number of hydrogen-bond donors (Lipinski definition) is 1. The molecule has 1 aromatic heterocycles. The summed E-state index contributed by atoms with van der Waals surface area (Å²) in [7, 11) is 1.80. The summed E-state index contributed by atoms with van der Waals surface area (Å²) in [5, 5.41) is 11.3. The Kier molecular flexibility index (Phi) is 4.48. The molecule has 0 spiro atoms. The molecule has 1 aliphatic heterocycles. The predicted molar refractivity (Wildman–Crippen MR) is 83.8 cm³/mol. The van der Waals surface area contributed by atoms with Crippen LogP contribution < -0.4 is 5.32 Å². The normalized spacial score (nSPS) is 18.4. The number of benzene rings is 1. The fraction of sp³-hybridized carbons (Fsp3) is 0.438. The minimum absolute atomic E-state index is 0.151. The lowest BCUT2D eigenvalue weighted by atomic mass is 9.97. The molecule has 1 saturated heterocycles. The third kappa shape index (κ3) is 3.01. The molecule has 3 rings (SSSR count). The van der Waals surface area contributed by atoms with Crippen LogP contribution in [-0.2, 0) is 4.79 Å². The second-order valence-electron chi connectivity index (χ2n) is 5.60. The highest BCUT2D eigenvalue weighted by Gasteiger charge is 2.27. The third-order valence-corrected chi connectivity index (χ3v) is 4.08. The molecule has 1 N–H and O–H groups in total. The van der Waals surface area contributed by atoms with E-state index in [0.717, 1.165) is 30.9 Å². The molecule has 1 aliphatic rings. The lowest BCUT2D eigenvalue weighted by molar-refractivity contribution is -0.131. The van der Waals surface area contributed by atoms with Crippen LogP contribution in [0.25, 0.3) is 5.69 Å². The minimum Gasteiger partial charge on any atom is -0.341 e. The zero-order chi connectivity index (χ0) is 15.4. The summed E-state index contributed by atoms with van der Waals surface area (Å²) in [4.78, 5) is 14.0. The van der Waals surface area contributed by atoms with Gasteiger partial charge in [-0.15, -0.1) is 10.2 Å². The Balaban J connectivity index is 1.80. The van der Waals surface area contributed by atoms with Gasteiger partial charge in [0.1, 0.15) is 12.2 Å². The van der Waals surface area contributed by atoms with E-state index >= 15 is 0 Å². The van der Waals surface area contributed by atoms with Crippen molar-refractivity contribution in [2.75, 3.05) is 26.7 Å². The molecule has 0 saturated carbocycles. The van der Waals surface area contributed by atoms with Crippen molar-refractivity contribution >= 4 is 5.91 Å². The molecule has 116 valence electrons. The number of aromatic nitrogens is 3. The highest BCUT2D eigenvalue weighted by molar-refractivity contribution is 5.78. The van der Waals surface area contributed by atoms with Gasteiger partial charge in [-0.25, -0.2) is 0 Å². The summed E-state index contributed by atoms with van der Waals surface area (Å²) in [6, 6.07) is 10.1. The van der Waals surface area contributed by atoms with E-state index < -0.39 is 0 Å². The number of rotatable bonds is 4. The van der Waals surface area contributed by atoms with Crippen molar-refractivity contribution in [2.24, 2.45) is 0 Å². The van der Waals surface area contributed by atoms with Gasteiger partial charge in [0, 0.05) is 24.7 Å². The van der Waals surface area contributed by atoms with Crippen molar-refractivity contribution in [3.8, 4) is 5.69 Å². The molecule has 2 aromatic rings. The van der Waals surface area contributed by atoms with Crippen molar-refractivity contribution in [3.63, 3.8) is 0 Å². The van der Waals surface area contributed by atoms with Crippen LogP contribution >= 0.6 is 0 Å². The fourth-order valence-electron chi connectivity index (χ4n) is 2.99. The first-order valence-electron chi connectivity index (χ1n) is 7.67. The molecule has 1 atom stereocenters. The maximum Gasteiger partial charge on any atom is 0.236 e. The lowest BCUT2D eigenvalue weighted by Crippen LogP contribution is -2.43. The quantitative estimate of drug-likeness (QED) is 0.921. The van der Waals surface area contributed by atoms with Gasteiger partial charge in [-0.2, -0.15) is 0 Å². The first-order valence-corrected chi connectivity index (χ1v) is 7.67. The van der Waals surface area contributed by atoms with E-state index in [2.05, 4.69) is 15.5 Å². The number of nitrogens with zero attached hydrogens (tertiary/aromatic N) is 4. The summed E-state index contributed by atoms with van der Waals surface area (Å²) in [6.45, 7) is 1.93. The number of para-hydroxylation sites is 1. The SMILES string of the molecule is CNCC(=O)N1CCCC(c2nncn2-c2ccccc2)C1. The second-order valence-corrected chi connectivity index (χ2v) is 5.60. The van der Waals surface area contributed by atoms with E-state index in [-0.39, 0.29) is 11.8 Å². The van der Waals surface area contributed by atoms with E-state index in [0.29, 0.717) is 13.1 Å². The monoisotopic (exact) mass is 299 g/mol. The standard InChI is InChI=1S/C16H21N5O/c1-17-10-15(22)20-9-5-6-13(11-20)16-19-18-12-21(16)14-7-3-2-4-8-14/h2-4,7-8,12-13,17H,5-6,9-11H2,1H3. The Morgan fingerprint density at radius 3 is 2.95 bits per heavy atom. The molecule has 6 nitrogen and oxygen atoms in total. The summed E-state index contributed by atoms with van der Waals surface area (Å²) >= 11 is 0. The third-order valence-electron chi connectivity index (χ3n) is 4.08. The van der Waals surface area contributed by atoms with Crippen LogP contribution in [0.3, 0.4) is 0 Å². The Labute approximate surface area is 130 Å². The number of likely N-dealkylation sites (tertiary alicyclic amines) is 1. The van der Waals surface area contributed by atoms with Crippen LogP contribution in [0.15, 0.2) is 36.7 Å². The zero-order valence-corrected chi connectivity index (χ0v) is 12.8. The summed E-state index contributed by atoms with van der Waals surface area (Å²) < 4.78 is 2.02. The summed E-state index contributed by atoms with van der Waals surface area (Å²) in [5.74, 6) is 1.32. The van der Waals surface area contributed by atoms with Crippen molar-refractivity contribution < 1.29 is 4.79 Å². The number of nitrogens with one attached hydrogen (secondary N) is 1. The molecule has 6 heteroatoms. The van der Waals surface area contributed by atoms with Crippen molar-refractivity contribution in [3.05, 3.63) is 42.5 Å². The van der Waals surface area contributed by atoms with Gasteiger partial charge in [-0.05, 0) is 32.0 Å². The van der Waals surface area contributed by atoms with Gasteiger partial charge in [0.05, 0.1) is 6.54 Å². The van der Waals surface area contributed by atoms with Gasteiger partial charge in [-0.1, -0.05) is 18.2 Å². The molecule has 0 radical (unpaired) electrons. The van der Waals surface area contributed by atoms with Crippen LogP contribution in [-0.4, -0.2) is 52.3 Å². The van der Waals surface area contributed by atoms with Crippen molar-refractivity contribution in [1.29, 1.82) is 0 Å². The summed E-state index contributed by atoms with van der Waals surface area (Å²) in [6.07, 6.45) is 3.79. The Hall–Kier alpha value is -2.21. The van der Waals surface area contributed by atoms with E-state index in [1.54, 1.807) is 13.4 Å². The molecule has 22 heavy (non-hydrogen) atoms. The molecular weight excluding hydrogens is 278 g/mol. The first-order chi connectivity index (χ1) is 10.8. The Morgan fingerprint density at radius 2 is 2.18 bits per heavy atom. The Morgan fingerprint density at radius 1 is 1.36 bits per heavy atom. The van der Waals surface area contributed by atoms with E-state index in [9.17, 15) is 4.79 Å². The maximum atomic E-state index is 12.1. The largest absolute Gasteiger partial charge is 0.341 e. The smallest absolute Gasteiger partial charge is 0.236 e. The number of hydrogen-bond acceptors (Lipinski definition) is 4. The number of likely N-dealkylation sites (N-methyl/N-ethyl adjacent to an activating group) is 1. The maximum absolute atomic E-state index is 12.1. The molecule has 0 bridgehead atoms. The first kappa shape index (κ1) is 14.7. The average Bonchev–Trinajstić information content (AvgIpc) is 3.06. The van der Waals surface area contributed by atoms with Gasteiger partial charge in [0.2, 0.25) is 5.91 Å². The van der Waals surface area contributed by atoms with Crippen LogP contribution in [0.5, 0.6) is 0 Å². The predicted octanol–water partition coefficient (Wildman–Crippen LogP) is 1.19. The van der Waals surface area contributed by atoms with E-state index in [1.165, 1.54) is 0 Å². The number of carbonyl (C=O) groups is 1. The molecule has 1 aromatic carbocycles. The lowest BCUT2D eigenvalue weighted by Gasteiger charge is -2.32. The molecule has 1 fully saturated rings. The molecule has 2 heterocycles. The average molecular weight is 299 g/mol. The van der Waals surface area contributed by atoms with E-state index in [4.69, 9.17) is 0 Å². The fourth-order valence-corrected chi connectivity index (χ4v) is 2.99. The Bertz CT molecular complexity index is 624. The van der Waals surface area contributed by atoms with Crippen LogP contribution in [0.2, 0.25) is 0 Å². The number of amides is 1. The van der Waals surface area contributed by atoms with Crippen molar-refractivity contribution in [1.82, 2.24) is 25.0 Å². The zero-order valence-electron chi connectivity index (χ0n) is 12.8. The van der Waals surface area contributed by atoms with E-state index in [1.807, 2.05) is 39.8 Å². The highest BCUT2D eigenvalue weighted by Crippen LogP contribution is 2.27. The molecule has 1 amide bonds. The molecule has 1 unspecified atom stereocenters. The van der Waals surface area contributed by atoms with Crippen LogP contribution in [0.1, 0.15) is 24.6 Å². The number of piperidine rings is 1. The number of carbonyl (C=O) groups excluding carboxylic acids is 1. The summed E-state index contributed by atoms with van der Waals surface area (Å²) in [5.41, 5.74) is 1.06. The van der Waals surface area contributed by atoms with Gasteiger partial charge in [0.25, 0.3) is 0 Å². The van der Waals surface area contributed by atoms with Gasteiger partial charge >= 0.3 is 0 Å². The van der Waals surface area contributed by atoms with Crippen molar-refractivity contribution in [2.45, 2.75) is 18.8 Å². The van der Waals surface area contributed by atoms with Gasteiger partial charge in [0.15, 0.2) is 0 Å².